The maximum Gasteiger partial charge on any atom is 0.238 e. The summed E-state index contributed by atoms with van der Waals surface area (Å²) in [5, 5.41) is 11.1. The van der Waals surface area contributed by atoms with Crippen LogP contribution in [0.3, 0.4) is 0 Å². The van der Waals surface area contributed by atoms with Crippen molar-refractivity contribution in [2.24, 2.45) is 10.9 Å². The molecule has 5 N–H and O–H groups in total. The molecule has 6 nitrogen and oxygen atoms in total. The van der Waals surface area contributed by atoms with Crippen LogP contribution in [0.2, 0.25) is 0 Å². The van der Waals surface area contributed by atoms with E-state index in [1.54, 1.807) is 12.1 Å². The van der Waals surface area contributed by atoms with Crippen molar-refractivity contribution in [2.75, 3.05) is 5.32 Å². The predicted octanol–water partition coefficient (Wildman–Crippen LogP) is 1.29. The zero-order chi connectivity index (χ0) is 15.5. The molecule has 0 aliphatic heterocycles. The Bertz CT molecular complexity index is 693. The Labute approximate surface area is 128 Å². The van der Waals surface area contributed by atoms with Gasteiger partial charge in [0.15, 0.2) is 5.13 Å². The van der Waals surface area contributed by atoms with Gasteiger partial charge in [-0.25, -0.2) is 18.5 Å². The molecule has 2 aromatic rings. The van der Waals surface area contributed by atoms with Crippen molar-refractivity contribution in [3.05, 3.63) is 40.9 Å². The molecule has 0 aliphatic carbocycles. The van der Waals surface area contributed by atoms with Crippen molar-refractivity contribution in [1.29, 1.82) is 0 Å². The number of sulfonamides is 1. The SMILES string of the molecule is CC(N)Cc1csc(NCc2ccc(S(N)(=O)=O)cc2)n1. The van der Waals surface area contributed by atoms with Crippen LogP contribution >= 0.6 is 11.3 Å². The molecule has 2 rings (SSSR count). The molecule has 1 atom stereocenters. The Balaban J connectivity index is 1.95. The van der Waals surface area contributed by atoms with Crippen LogP contribution in [0.1, 0.15) is 18.2 Å². The Morgan fingerprint density at radius 1 is 1.33 bits per heavy atom. The van der Waals surface area contributed by atoms with E-state index in [1.807, 2.05) is 12.3 Å². The van der Waals surface area contributed by atoms with E-state index < -0.39 is 10.0 Å². The summed E-state index contributed by atoms with van der Waals surface area (Å²) in [6.45, 7) is 2.51. The van der Waals surface area contributed by atoms with Gasteiger partial charge in [-0.1, -0.05) is 12.1 Å². The van der Waals surface area contributed by atoms with Crippen LogP contribution < -0.4 is 16.2 Å². The van der Waals surface area contributed by atoms with E-state index in [1.165, 1.54) is 23.5 Å². The molecule has 1 aromatic heterocycles. The van der Waals surface area contributed by atoms with Gasteiger partial charge in [0.25, 0.3) is 0 Å². The highest BCUT2D eigenvalue weighted by Gasteiger charge is 2.07. The number of nitrogens with one attached hydrogen (secondary N) is 1. The first kappa shape index (κ1) is 15.9. The zero-order valence-corrected chi connectivity index (χ0v) is 13.2. The molecule has 114 valence electrons. The van der Waals surface area contributed by atoms with E-state index in [-0.39, 0.29) is 10.9 Å². The van der Waals surface area contributed by atoms with E-state index >= 15 is 0 Å². The average molecular weight is 326 g/mol. The highest BCUT2D eigenvalue weighted by atomic mass is 32.2. The van der Waals surface area contributed by atoms with Gasteiger partial charge in [-0.05, 0) is 24.6 Å². The van der Waals surface area contributed by atoms with Gasteiger partial charge in [0, 0.05) is 24.4 Å². The monoisotopic (exact) mass is 326 g/mol. The van der Waals surface area contributed by atoms with Crippen LogP contribution in [-0.2, 0) is 23.0 Å². The van der Waals surface area contributed by atoms with Crippen molar-refractivity contribution in [2.45, 2.75) is 30.8 Å². The van der Waals surface area contributed by atoms with Crippen molar-refractivity contribution in [3.63, 3.8) is 0 Å². The molecule has 0 bridgehead atoms. The minimum atomic E-state index is -3.64. The van der Waals surface area contributed by atoms with Crippen LogP contribution in [0.25, 0.3) is 0 Å². The zero-order valence-electron chi connectivity index (χ0n) is 11.6. The third-order valence-corrected chi connectivity index (χ3v) is 4.56. The average Bonchev–Trinajstić information content (AvgIpc) is 2.82. The number of thiazole rings is 1. The van der Waals surface area contributed by atoms with Gasteiger partial charge in [0.2, 0.25) is 10.0 Å². The number of benzene rings is 1. The molecule has 0 amide bonds. The second-order valence-corrected chi connectivity index (χ2v) is 7.29. The molecule has 0 spiro atoms. The Morgan fingerprint density at radius 3 is 2.57 bits per heavy atom. The topological polar surface area (TPSA) is 111 Å². The highest BCUT2D eigenvalue weighted by molar-refractivity contribution is 7.89. The number of primary sulfonamides is 1. The Hall–Kier alpha value is -1.48. The molecule has 0 fully saturated rings. The van der Waals surface area contributed by atoms with Gasteiger partial charge in [0.1, 0.15) is 0 Å². The lowest BCUT2D eigenvalue weighted by molar-refractivity contribution is 0.598. The summed E-state index contributed by atoms with van der Waals surface area (Å²) in [6.07, 6.45) is 0.751. The Morgan fingerprint density at radius 2 is 2.00 bits per heavy atom. The number of hydrogen-bond donors (Lipinski definition) is 3. The van der Waals surface area contributed by atoms with Gasteiger partial charge >= 0.3 is 0 Å². The van der Waals surface area contributed by atoms with Crippen LogP contribution in [0, 0.1) is 0 Å². The van der Waals surface area contributed by atoms with Gasteiger partial charge < -0.3 is 11.1 Å². The molecule has 0 radical (unpaired) electrons. The lowest BCUT2D eigenvalue weighted by Gasteiger charge is -2.04. The normalized spacial score (nSPS) is 13.1. The maximum atomic E-state index is 11.2. The third-order valence-electron chi connectivity index (χ3n) is 2.78. The second kappa shape index (κ2) is 6.52. The van der Waals surface area contributed by atoms with E-state index in [9.17, 15) is 8.42 Å². The van der Waals surface area contributed by atoms with Crippen LogP contribution in [0.15, 0.2) is 34.5 Å². The molecule has 1 aromatic carbocycles. The number of nitrogens with zero attached hydrogens (tertiary/aromatic N) is 1. The fourth-order valence-corrected chi connectivity index (χ4v) is 3.02. The fraction of sp³-hybridized carbons (Fsp3) is 0.308. The summed E-state index contributed by atoms with van der Waals surface area (Å²) in [6, 6.07) is 6.53. The fourth-order valence-electron chi connectivity index (χ4n) is 1.79. The van der Waals surface area contributed by atoms with Gasteiger partial charge in [0.05, 0.1) is 10.6 Å². The smallest absolute Gasteiger partial charge is 0.238 e. The number of rotatable bonds is 6. The second-order valence-electron chi connectivity index (χ2n) is 4.87. The summed E-state index contributed by atoms with van der Waals surface area (Å²) >= 11 is 1.52. The molecule has 0 aliphatic rings. The predicted molar refractivity (Wildman–Crippen MR) is 84.6 cm³/mol. The Kier molecular flexibility index (Phi) is 4.94. The first-order valence-corrected chi connectivity index (χ1v) is 8.83. The quantitative estimate of drug-likeness (QED) is 0.741. The van der Waals surface area contributed by atoms with E-state index in [0.717, 1.165) is 22.8 Å². The van der Waals surface area contributed by atoms with E-state index in [4.69, 9.17) is 10.9 Å². The summed E-state index contributed by atoms with van der Waals surface area (Å²) in [7, 11) is -3.64. The number of anilines is 1. The maximum absolute atomic E-state index is 11.2. The largest absolute Gasteiger partial charge is 0.357 e. The first-order valence-electron chi connectivity index (χ1n) is 6.40. The summed E-state index contributed by atoms with van der Waals surface area (Å²) in [4.78, 5) is 4.54. The lowest BCUT2D eigenvalue weighted by Crippen LogP contribution is -2.17. The molecular formula is C13H18N4O2S2. The van der Waals surface area contributed by atoms with Crippen molar-refractivity contribution in [1.82, 2.24) is 4.98 Å². The lowest BCUT2D eigenvalue weighted by atomic mass is 10.2. The summed E-state index contributed by atoms with van der Waals surface area (Å²) in [5.74, 6) is 0. The molecule has 1 heterocycles. The van der Waals surface area contributed by atoms with Crippen molar-refractivity contribution < 1.29 is 8.42 Å². The van der Waals surface area contributed by atoms with E-state index in [2.05, 4.69) is 10.3 Å². The summed E-state index contributed by atoms with van der Waals surface area (Å²) in [5.41, 5.74) is 7.66. The van der Waals surface area contributed by atoms with Crippen LogP contribution in [0.4, 0.5) is 5.13 Å². The number of aromatic nitrogens is 1. The van der Waals surface area contributed by atoms with Gasteiger partial charge in [-0.3, -0.25) is 0 Å². The standard InChI is InChI=1S/C13H18N4O2S2/c1-9(14)6-11-8-20-13(17-11)16-7-10-2-4-12(5-3-10)21(15,18)19/h2-5,8-9H,6-7,14H2,1H3,(H,16,17)(H2,15,18,19). The van der Waals surface area contributed by atoms with Gasteiger partial charge in [-0.15, -0.1) is 11.3 Å². The third kappa shape index (κ3) is 4.78. The minimum absolute atomic E-state index is 0.0886. The highest BCUT2D eigenvalue weighted by Crippen LogP contribution is 2.17. The van der Waals surface area contributed by atoms with Crippen LogP contribution in [0.5, 0.6) is 0 Å². The summed E-state index contributed by atoms with van der Waals surface area (Å²) < 4.78 is 22.3. The molecular weight excluding hydrogens is 308 g/mol. The molecule has 0 saturated carbocycles. The minimum Gasteiger partial charge on any atom is -0.357 e. The van der Waals surface area contributed by atoms with E-state index in [0.29, 0.717) is 6.54 Å². The first-order chi connectivity index (χ1) is 9.84. The van der Waals surface area contributed by atoms with Crippen LogP contribution in [-0.4, -0.2) is 19.4 Å². The van der Waals surface area contributed by atoms with Gasteiger partial charge in [-0.2, -0.15) is 0 Å². The number of hydrogen-bond acceptors (Lipinski definition) is 6. The van der Waals surface area contributed by atoms with Crippen molar-refractivity contribution >= 4 is 26.5 Å². The van der Waals surface area contributed by atoms with Crippen molar-refractivity contribution in [3.8, 4) is 0 Å². The molecule has 21 heavy (non-hydrogen) atoms. The molecule has 8 heteroatoms. The number of nitrogens with two attached hydrogens (primary N) is 2. The molecule has 0 saturated heterocycles. The molecule has 1 unspecified atom stereocenters.